The first-order chi connectivity index (χ1) is 14.5. The molecule has 0 saturated heterocycles. The van der Waals surface area contributed by atoms with Crippen LogP contribution >= 0.6 is 11.6 Å². The Morgan fingerprint density at radius 2 is 2.03 bits per heavy atom. The normalized spacial score (nSPS) is 10.9. The van der Waals surface area contributed by atoms with E-state index in [0.29, 0.717) is 23.2 Å². The number of rotatable bonds is 6. The maximum Gasteiger partial charge on any atom is 0.251 e. The van der Waals surface area contributed by atoms with Gasteiger partial charge in [0.25, 0.3) is 5.91 Å². The zero-order valence-corrected chi connectivity index (χ0v) is 16.9. The second kappa shape index (κ2) is 8.51. The lowest BCUT2D eigenvalue weighted by atomic mass is 10.1. The van der Waals surface area contributed by atoms with Crippen molar-refractivity contribution in [2.24, 2.45) is 0 Å². The molecule has 1 heterocycles. The van der Waals surface area contributed by atoms with Crippen molar-refractivity contribution in [1.82, 2.24) is 20.3 Å². The Morgan fingerprint density at radius 3 is 2.83 bits per heavy atom. The summed E-state index contributed by atoms with van der Waals surface area (Å²) < 4.78 is 20.2. The first-order valence-electron chi connectivity index (χ1n) is 9.22. The van der Waals surface area contributed by atoms with Crippen LogP contribution in [0.5, 0.6) is 5.75 Å². The lowest BCUT2D eigenvalue weighted by molar-refractivity contribution is 0.0951. The smallest absolute Gasteiger partial charge is 0.251 e. The molecule has 1 amide bonds. The standard InChI is InChI=1S/C22H18ClFN4O2/c1-30-18-4-2-3-14(9-18)13-28-21-8-6-15(10-20(21)26-27-28)22(29)25-12-16-5-7-17(24)11-19(16)23/h2-11H,12-13H2,1H3,(H,25,29). The van der Waals surface area contributed by atoms with Crippen LogP contribution in [0.1, 0.15) is 21.5 Å². The predicted molar refractivity (Wildman–Crippen MR) is 112 cm³/mol. The Hall–Kier alpha value is -3.45. The number of aromatic nitrogens is 3. The summed E-state index contributed by atoms with van der Waals surface area (Å²) in [5.41, 5.74) is 3.55. The van der Waals surface area contributed by atoms with Gasteiger partial charge in [-0.2, -0.15) is 0 Å². The molecule has 30 heavy (non-hydrogen) atoms. The molecule has 0 saturated carbocycles. The second-order valence-electron chi connectivity index (χ2n) is 6.72. The molecule has 0 unspecified atom stereocenters. The molecule has 0 aliphatic carbocycles. The second-order valence-corrected chi connectivity index (χ2v) is 7.13. The topological polar surface area (TPSA) is 69.0 Å². The number of methoxy groups -OCH3 is 1. The summed E-state index contributed by atoms with van der Waals surface area (Å²) >= 11 is 6.01. The van der Waals surface area contributed by atoms with Gasteiger partial charge in [-0.1, -0.05) is 35.0 Å². The largest absolute Gasteiger partial charge is 0.497 e. The molecule has 1 aromatic heterocycles. The highest BCUT2D eigenvalue weighted by molar-refractivity contribution is 6.31. The first-order valence-corrected chi connectivity index (χ1v) is 9.59. The first kappa shape index (κ1) is 19.8. The SMILES string of the molecule is COc1cccc(Cn2nnc3cc(C(=O)NCc4ccc(F)cc4Cl)ccc32)c1. The number of halogens is 2. The minimum absolute atomic E-state index is 0.193. The molecule has 3 aromatic carbocycles. The van der Waals surface area contributed by atoms with E-state index >= 15 is 0 Å². The van der Waals surface area contributed by atoms with Crippen LogP contribution in [-0.2, 0) is 13.1 Å². The van der Waals surface area contributed by atoms with Gasteiger partial charge >= 0.3 is 0 Å². The van der Waals surface area contributed by atoms with Crippen LogP contribution in [0.3, 0.4) is 0 Å². The van der Waals surface area contributed by atoms with Gasteiger partial charge in [0.15, 0.2) is 0 Å². The van der Waals surface area contributed by atoms with E-state index in [9.17, 15) is 9.18 Å². The maximum absolute atomic E-state index is 13.1. The molecular weight excluding hydrogens is 407 g/mol. The molecule has 4 rings (SSSR count). The summed E-state index contributed by atoms with van der Waals surface area (Å²) in [6.07, 6.45) is 0. The van der Waals surface area contributed by atoms with E-state index in [-0.39, 0.29) is 17.5 Å². The van der Waals surface area contributed by atoms with Gasteiger partial charge in [0.2, 0.25) is 0 Å². The number of nitrogens with one attached hydrogen (secondary N) is 1. The highest BCUT2D eigenvalue weighted by atomic mass is 35.5. The third kappa shape index (κ3) is 4.26. The Morgan fingerprint density at radius 1 is 1.17 bits per heavy atom. The van der Waals surface area contributed by atoms with Gasteiger partial charge < -0.3 is 10.1 Å². The van der Waals surface area contributed by atoms with Crippen LogP contribution in [0.25, 0.3) is 11.0 Å². The van der Waals surface area contributed by atoms with Crippen molar-refractivity contribution < 1.29 is 13.9 Å². The number of amides is 1. The van der Waals surface area contributed by atoms with Gasteiger partial charge in [-0.05, 0) is 53.6 Å². The van der Waals surface area contributed by atoms with Crippen molar-refractivity contribution in [3.05, 3.63) is 88.2 Å². The van der Waals surface area contributed by atoms with Crippen molar-refractivity contribution >= 4 is 28.5 Å². The molecule has 0 aliphatic rings. The average molecular weight is 425 g/mol. The predicted octanol–water partition coefficient (Wildman–Crippen LogP) is 4.21. The fourth-order valence-electron chi connectivity index (χ4n) is 3.12. The minimum atomic E-state index is -0.419. The number of fused-ring (bicyclic) bond motifs is 1. The Balaban J connectivity index is 1.49. The van der Waals surface area contributed by atoms with Gasteiger partial charge in [-0.25, -0.2) is 9.07 Å². The molecule has 8 heteroatoms. The minimum Gasteiger partial charge on any atom is -0.497 e. The molecule has 0 fully saturated rings. The van der Waals surface area contributed by atoms with Crippen LogP contribution in [0.4, 0.5) is 4.39 Å². The van der Waals surface area contributed by atoms with Crippen LogP contribution in [0.15, 0.2) is 60.7 Å². The highest BCUT2D eigenvalue weighted by Gasteiger charge is 2.12. The average Bonchev–Trinajstić information content (AvgIpc) is 3.15. The molecule has 4 aromatic rings. The van der Waals surface area contributed by atoms with Crippen molar-refractivity contribution in [2.45, 2.75) is 13.1 Å². The van der Waals surface area contributed by atoms with E-state index in [4.69, 9.17) is 16.3 Å². The molecule has 0 atom stereocenters. The lowest BCUT2D eigenvalue weighted by Gasteiger charge is -2.08. The van der Waals surface area contributed by atoms with E-state index in [1.807, 2.05) is 30.3 Å². The summed E-state index contributed by atoms with van der Waals surface area (Å²) in [4.78, 5) is 12.5. The highest BCUT2D eigenvalue weighted by Crippen LogP contribution is 2.19. The molecular formula is C22H18ClFN4O2. The zero-order chi connectivity index (χ0) is 21.1. The van der Waals surface area contributed by atoms with Gasteiger partial charge in [0.05, 0.1) is 19.2 Å². The van der Waals surface area contributed by atoms with E-state index in [0.717, 1.165) is 16.8 Å². The maximum atomic E-state index is 13.1. The number of ether oxygens (including phenoxy) is 1. The molecule has 0 radical (unpaired) electrons. The van der Waals surface area contributed by atoms with Crippen LogP contribution in [-0.4, -0.2) is 28.0 Å². The molecule has 6 nitrogen and oxygen atoms in total. The van der Waals surface area contributed by atoms with Gasteiger partial charge in [-0.3, -0.25) is 4.79 Å². The fraction of sp³-hybridized carbons (Fsp3) is 0.136. The van der Waals surface area contributed by atoms with E-state index in [1.54, 1.807) is 30.0 Å². The van der Waals surface area contributed by atoms with Gasteiger partial charge in [0.1, 0.15) is 17.1 Å². The van der Waals surface area contributed by atoms with Crippen molar-refractivity contribution in [3.63, 3.8) is 0 Å². The van der Waals surface area contributed by atoms with Crippen LogP contribution in [0, 0.1) is 5.82 Å². The quantitative estimate of drug-likeness (QED) is 0.503. The number of hydrogen-bond donors (Lipinski definition) is 1. The summed E-state index contributed by atoms with van der Waals surface area (Å²) in [7, 11) is 1.63. The summed E-state index contributed by atoms with van der Waals surface area (Å²) in [5, 5.41) is 11.4. The lowest BCUT2D eigenvalue weighted by Crippen LogP contribution is -2.22. The molecule has 0 bridgehead atoms. The summed E-state index contributed by atoms with van der Waals surface area (Å²) in [5.74, 6) is 0.0781. The molecule has 0 spiro atoms. The number of carbonyl (C=O) groups excluding carboxylic acids is 1. The van der Waals surface area contributed by atoms with Crippen molar-refractivity contribution in [1.29, 1.82) is 0 Å². The third-order valence-corrected chi connectivity index (χ3v) is 5.05. The van der Waals surface area contributed by atoms with E-state index in [2.05, 4.69) is 15.6 Å². The Labute approximate surface area is 177 Å². The summed E-state index contributed by atoms with van der Waals surface area (Å²) in [6.45, 7) is 0.723. The number of benzene rings is 3. The number of carbonyl (C=O) groups is 1. The fourth-order valence-corrected chi connectivity index (χ4v) is 3.35. The Bertz CT molecular complexity index is 1220. The Kier molecular flexibility index (Phi) is 5.63. The van der Waals surface area contributed by atoms with Crippen LogP contribution in [0.2, 0.25) is 5.02 Å². The van der Waals surface area contributed by atoms with Gasteiger partial charge in [-0.15, -0.1) is 5.10 Å². The zero-order valence-electron chi connectivity index (χ0n) is 16.1. The molecule has 1 N–H and O–H groups in total. The number of nitrogens with zero attached hydrogens (tertiary/aromatic N) is 3. The molecule has 152 valence electrons. The third-order valence-electron chi connectivity index (χ3n) is 4.70. The van der Waals surface area contributed by atoms with Crippen LogP contribution < -0.4 is 10.1 Å². The van der Waals surface area contributed by atoms with Crippen molar-refractivity contribution in [3.8, 4) is 5.75 Å². The van der Waals surface area contributed by atoms with Crippen molar-refractivity contribution in [2.75, 3.05) is 7.11 Å². The van der Waals surface area contributed by atoms with E-state index < -0.39 is 5.82 Å². The monoisotopic (exact) mass is 424 g/mol. The molecule has 0 aliphatic heterocycles. The van der Waals surface area contributed by atoms with E-state index in [1.165, 1.54) is 12.1 Å². The summed E-state index contributed by atoms with van der Waals surface area (Å²) in [6, 6.07) is 17.0. The van der Waals surface area contributed by atoms with Gasteiger partial charge in [0, 0.05) is 17.1 Å². The number of hydrogen-bond acceptors (Lipinski definition) is 4.